The maximum Gasteiger partial charge on any atom is 0.328 e. The molecule has 1 aliphatic rings. The van der Waals surface area contributed by atoms with Crippen LogP contribution in [-0.4, -0.2) is 30.6 Å². The maximum absolute atomic E-state index is 11.8. The summed E-state index contributed by atoms with van der Waals surface area (Å²) in [6.07, 6.45) is 3.77. The Morgan fingerprint density at radius 2 is 2.16 bits per heavy atom. The highest BCUT2D eigenvalue weighted by atomic mass is 16.5. The average Bonchev–Trinajstić information content (AvgIpc) is 2.43. The molecule has 19 heavy (non-hydrogen) atoms. The number of carbonyl (C=O) groups excluding carboxylic acids is 1. The normalized spacial score (nSPS) is 13.7. The molecule has 0 atom stereocenters. The van der Waals surface area contributed by atoms with E-state index in [0.29, 0.717) is 0 Å². The van der Waals surface area contributed by atoms with Gasteiger partial charge in [-0.3, -0.25) is 4.79 Å². The quantitative estimate of drug-likeness (QED) is 0.839. The van der Waals surface area contributed by atoms with Gasteiger partial charge in [-0.2, -0.15) is 0 Å². The highest BCUT2D eigenvalue weighted by molar-refractivity contribution is 6.03. The summed E-state index contributed by atoms with van der Waals surface area (Å²) in [5, 5.41) is 8.50. The van der Waals surface area contributed by atoms with E-state index in [-0.39, 0.29) is 5.91 Å². The zero-order valence-electron chi connectivity index (χ0n) is 10.6. The van der Waals surface area contributed by atoms with Gasteiger partial charge in [-0.05, 0) is 36.6 Å². The first-order valence-electron chi connectivity index (χ1n) is 6.02. The fourth-order valence-electron chi connectivity index (χ4n) is 1.94. The summed E-state index contributed by atoms with van der Waals surface area (Å²) in [7, 11) is 1.61. The molecular formula is C14H15NO4. The molecule has 1 amide bonds. The molecule has 1 aromatic rings. The van der Waals surface area contributed by atoms with Gasteiger partial charge in [0.25, 0.3) is 5.91 Å². The molecule has 5 nitrogen and oxygen atoms in total. The van der Waals surface area contributed by atoms with Crippen LogP contribution < -0.4 is 9.64 Å². The average molecular weight is 261 g/mol. The number of carboxylic acids is 1. The second-order valence-corrected chi connectivity index (χ2v) is 4.31. The zero-order chi connectivity index (χ0) is 13.8. The van der Waals surface area contributed by atoms with E-state index < -0.39 is 5.97 Å². The number of carbonyl (C=O) groups is 2. The van der Waals surface area contributed by atoms with Crippen molar-refractivity contribution in [2.75, 3.05) is 18.6 Å². The van der Waals surface area contributed by atoms with Gasteiger partial charge in [0.1, 0.15) is 5.75 Å². The van der Waals surface area contributed by atoms with Gasteiger partial charge in [0, 0.05) is 24.9 Å². The molecule has 1 aliphatic heterocycles. The number of carboxylic acid groups (broad SMARTS) is 1. The van der Waals surface area contributed by atoms with Crippen LogP contribution in [-0.2, 0) is 16.0 Å². The van der Waals surface area contributed by atoms with E-state index in [1.807, 2.05) is 12.1 Å². The molecule has 0 saturated carbocycles. The Bertz CT molecular complexity index is 536. The van der Waals surface area contributed by atoms with Crippen LogP contribution >= 0.6 is 0 Å². The van der Waals surface area contributed by atoms with Crippen LogP contribution in [0, 0.1) is 0 Å². The third kappa shape index (κ3) is 3.13. The van der Waals surface area contributed by atoms with Gasteiger partial charge in [0.05, 0.1) is 6.61 Å². The van der Waals surface area contributed by atoms with Crippen LogP contribution in [0.3, 0.4) is 0 Å². The lowest BCUT2D eigenvalue weighted by Gasteiger charge is -2.21. The summed E-state index contributed by atoms with van der Waals surface area (Å²) in [4.78, 5) is 23.6. The number of aryl methyl sites for hydroxylation is 1. The standard InChI is InChI=1S/C14H15NO4/c1-15(13(16)6-7-14(17)18)11-4-5-12-10(9-11)3-2-8-19-12/h4-7,9H,2-3,8H2,1H3,(H,17,18)/b7-6+. The lowest BCUT2D eigenvalue weighted by Crippen LogP contribution is -2.24. The topological polar surface area (TPSA) is 66.8 Å². The third-order valence-electron chi connectivity index (χ3n) is 2.98. The van der Waals surface area contributed by atoms with E-state index in [2.05, 4.69) is 0 Å². The smallest absolute Gasteiger partial charge is 0.328 e. The van der Waals surface area contributed by atoms with E-state index in [9.17, 15) is 9.59 Å². The number of hydrogen-bond donors (Lipinski definition) is 1. The minimum Gasteiger partial charge on any atom is -0.493 e. The lowest BCUT2D eigenvalue weighted by molar-refractivity contribution is -0.131. The van der Waals surface area contributed by atoms with Gasteiger partial charge in [0.2, 0.25) is 0 Å². The SMILES string of the molecule is CN(C(=O)/C=C/C(=O)O)c1ccc2c(c1)CCCO2. The van der Waals surface area contributed by atoms with Gasteiger partial charge in [-0.15, -0.1) is 0 Å². The molecule has 1 aromatic carbocycles. The Balaban J connectivity index is 2.17. The number of nitrogens with zero attached hydrogens (tertiary/aromatic N) is 1. The molecule has 100 valence electrons. The fraction of sp³-hybridized carbons (Fsp3) is 0.286. The van der Waals surface area contributed by atoms with Gasteiger partial charge in [-0.25, -0.2) is 4.79 Å². The molecule has 0 spiro atoms. The van der Waals surface area contributed by atoms with Crippen LogP contribution in [0.15, 0.2) is 30.4 Å². The van der Waals surface area contributed by atoms with Crippen molar-refractivity contribution in [3.05, 3.63) is 35.9 Å². The molecule has 0 aliphatic carbocycles. The number of aliphatic carboxylic acids is 1. The van der Waals surface area contributed by atoms with E-state index >= 15 is 0 Å². The monoisotopic (exact) mass is 261 g/mol. The number of amides is 1. The van der Waals surface area contributed by atoms with Gasteiger partial charge >= 0.3 is 5.97 Å². The minimum absolute atomic E-state index is 0.376. The van der Waals surface area contributed by atoms with Crippen LogP contribution in [0.5, 0.6) is 5.75 Å². The molecule has 0 radical (unpaired) electrons. The second-order valence-electron chi connectivity index (χ2n) is 4.31. The van der Waals surface area contributed by atoms with Gasteiger partial charge in [-0.1, -0.05) is 0 Å². The first-order valence-corrected chi connectivity index (χ1v) is 6.02. The van der Waals surface area contributed by atoms with Crippen molar-refractivity contribution in [3.63, 3.8) is 0 Å². The largest absolute Gasteiger partial charge is 0.493 e. The highest BCUT2D eigenvalue weighted by Gasteiger charge is 2.14. The number of ether oxygens (including phenoxy) is 1. The Morgan fingerprint density at radius 1 is 1.37 bits per heavy atom. The fourth-order valence-corrected chi connectivity index (χ4v) is 1.94. The molecule has 5 heteroatoms. The molecular weight excluding hydrogens is 246 g/mol. The van der Waals surface area contributed by atoms with Crippen molar-refractivity contribution >= 4 is 17.6 Å². The summed E-state index contributed by atoms with van der Waals surface area (Å²) in [6, 6.07) is 5.53. The highest BCUT2D eigenvalue weighted by Crippen LogP contribution is 2.28. The predicted molar refractivity (Wildman–Crippen MR) is 70.4 cm³/mol. The Kier molecular flexibility index (Phi) is 3.85. The van der Waals surface area contributed by atoms with Crippen molar-refractivity contribution < 1.29 is 19.4 Å². The van der Waals surface area contributed by atoms with E-state index in [4.69, 9.17) is 9.84 Å². The summed E-state index contributed by atoms with van der Waals surface area (Å²) in [6.45, 7) is 0.725. The van der Waals surface area contributed by atoms with Crippen LogP contribution in [0.4, 0.5) is 5.69 Å². The number of hydrogen-bond acceptors (Lipinski definition) is 3. The molecule has 1 N–H and O–H groups in total. The van der Waals surface area contributed by atoms with Crippen molar-refractivity contribution in [3.8, 4) is 5.75 Å². The van der Waals surface area contributed by atoms with Crippen molar-refractivity contribution in [1.29, 1.82) is 0 Å². The summed E-state index contributed by atoms with van der Waals surface area (Å²) >= 11 is 0. The van der Waals surface area contributed by atoms with E-state index in [1.165, 1.54) is 4.90 Å². The molecule has 2 rings (SSSR count). The number of fused-ring (bicyclic) bond motifs is 1. The van der Waals surface area contributed by atoms with Crippen LogP contribution in [0.1, 0.15) is 12.0 Å². The zero-order valence-corrected chi connectivity index (χ0v) is 10.6. The summed E-state index contributed by atoms with van der Waals surface area (Å²) < 4.78 is 5.50. The molecule has 0 unspecified atom stereocenters. The first kappa shape index (κ1) is 13.1. The lowest BCUT2D eigenvalue weighted by atomic mass is 10.1. The molecule has 0 bridgehead atoms. The van der Waals surface area contributed by atoms with Crippen LogP contribution in [0.25, 0.3) is 0 Å². The number of rotatable bonds is 3. The summed E-state index contributed by atoms with van der Waals surface area (Å²) in [5.74, 6) is -0.656. The van der Waals surface area contributed by atoms with Crippen molar-refractivity contribution in [1.82, 2.24) is 0 Å². The summed E-state index contributed by atoms with van der Waals surface area (Å²) in [5.41, 5.74) is 1.80. The molecule has 0 aromatic heterocycles. The van der Waals surface area contributed by atoms with Crippen molar-refractivity contribution in [2.24, 2.45) is 0 Å². The Labute approximate surface area is 111 Å². The predicted octanol–water partition coefficient (Wildman–Crippen LogP) is 1.62. The van der Waals surface area contributed by atoms with Crippen molar-refractivity contribution in [2.45, 2.75) is 12.8 Å². The Hall–Kier alpha value is -2.30. The molecule has 1 heterocycles. The van der Waals surface area contributed by atoms with Crippen LogP contribution in [0.2, 0.25) is 0 Å². The van der Waals surface area contributed by atoms with Gasteiger partial charge < -0.3 is 14.7 Å². The third-order valence-corrected chi connectivity index (χ3v) is 2.98. The van der Waals surface area contributed by atoms with E-state index in [1.54, 1.807) is 13.1 Å². The minimum atomic E-state index is -1.14. The molecule has 0 fully saturated rings. The second kappa shape index (κ2) is 5.56. The Morgan fingerprint density at radius 3 is 2.89 bits per heavy atom. The number of likely N-dealkylation sites (N-methyl/N-ethyl adjacent to an activating group) is 1. The van der Waals surface area contributed by atoms with E-state index in [0.717, 1.165) is 48.6 Å². The molecule has 0 saturated heterocycles. The first-order chi connectivity index (χ1) is 9.08. The number of anilines is 1. The van der Waals surface area contributed by atoms with Gasteiger partial charge in [0.15, 0.2) is 0 Å². The number of benzene rings is 1. The maximum atomic E-state index is 11.8.